The molecule has 4 rings (SSSR count). The number of hydrogen-bond donors (Lipinski definition) is 1. The second-order valence-electron chi connectivity index (χ2n) is 9.45. The van der Waals surface area contributed by atoms with Crippen molar-refractivity contribution < 1.29 is 15.3 Å². The molecule has 7 heteroatoms. The van der Waals surface area contributed by atoms with Crippen molar-refractivity contribution in [1.29, 1.82) is 0 Å². The zero-order valence-corrected chi connectivity index (χ0v) is 19.4. The van der Waals surface area contributed by atoms with Crippen LogP contribution in [0.15, 0.2) is 47.1 Å². The van der Waals surface area contributed by atoms with Gasteiger partial charge >= 0.3 is 6.09 Å². The van der Waals surface area contributed by atoms with E-state index in [2.05, 4.69) is 34.8 Å². The molecule has 2 aliphatic rings. The number of carbonyl (C=O) groups excluding carboxylic acids is 1. The number of benzene rings is 1. The second kappa shape index (κ2) is 8.45. The Morgan fingerprint density at radius 3 is 2.69 bits per heavy atom. The molecule has 172 valence electrons. The summed E-state index contributed by atoms with van der Waals surface area (Å²) < 4.78 is 20.3. The lowest BCUT2D eigenvalue weighted by molar-refractivity contribution is 0.0124. The van der Waals surface area contributed by atoms with Crippen LogP contribution in [0.2, 0.25) is 0 Å². The normalized spacial score (nSPS) is 19.1. The summed E-state index contributed by atoms with van der Waals surface area (Å²) in [5.74, 6) is -0.262. The van der Waals surface area contributed by atoms with Crippen LogP contribution < -0.4 is 10.7 Å². The molecule has 0 unspecified atom stereocenters. The number of carbonyl (C=O) groups is 1. The first-order valence-electron chi connectivity index (χ1n) is 11.1. The standard InChI is InChI=1S/C25H31FN4O2.H2/c1-16-10-11-27-23-21(19(14-28-23)18-8-6-7-9-20(18)26)22(16)30-13-12-29(15-17(30)2)24(31)32-25(3,4)5;/h6-10,14,17H,11-13,15H2,1-5H3,(H,27,28);1H/t17-;/m0./s1. The zero-order valence-electron chi connectivity index (χ0n) is 19.4. The van der Waals surface area contributed by atoms with Crippen LogP contribution in [0.25, 0.3) is 16.8 Å². The topological polar surface area (TPSA) is 60.9 Å². The summed E-state index contributed by atoms with van der Waals surface area (Å²) in [7, 11) is 0. The fourth-order valence-corrected chi connectivity index (χ4v) is 4.39. The summed E-state index contributed by atoms with van der Waals surface area (Å²) in [6, 6.07) is 6.87. The van der Waals surface area contributed by atoms with Crippen molar-refractivity contribution in [1.82, 2.24) is 14.8 Å². The van der Waals surface area contributed by atoms with Gasteiger partial charge in [0, 0.05) is 49.6 Å². The third-order valence-corrected chi connectivity index (χ3v) is 5.85. The van der Waals surface area contributed by atoms with Crippen molar-refractivity contribution >= 4 is 11.8 Å². The van der Waals surface area contributed by atoms with E-state index in [1.54, 1.807) is 17.0 Å². The first-order chi connectivity index (χ1) is 15.2. The van der Waals surface area contributed by atoms with Crippen molar-refractivity contribution in [2.24, 2.45) is 4.99 Å². The lowest BCUT2D eigenvalue weighted by atomic mass is 10.0. The molecule has 1 aromatic carbocycles. The minimum Gasteiger partial charge on any atom is -0.444 e. The molecule has 1 fully saturated rings. The highest BCUT2D eigenvalue weighted by Crippen LogP contribution is 2.26. The highest BCUT2D eigenvalue weighted by molar-refractivity contribution is 5.73. The Morgan fingerprint density at radius 1 is 1.25 bits per heavy atom. The molecule has 0 radical (unpaired) electrons. The maximum Gasteiger partial charge on any atom is 0.410 e. The van der Waals surface area contributed by atoms with E-state index in [1.807, 2.05) is 33.0 Å². The van der Waals surface area contributed by atoms with E-state index < -0.39 is 5.60 Å². The van der Waals surface area contributed by atoms with Crippen molar-refractivity contribution in [3.8, 4) is 11.1 Å². The van der Waals surface area contributed by atoms with Gasteiger partial charge in [-0.3, -0.25) is 4.99 Å². The molecule has 1 amide bonds. The van der Waals surface area contributed by atoms with E-state index in [9.17, 15) is 9.18 Å². The molecule has 1 N–H and O–H groups in total. The zero-order chi connectivity index (χ0) is 23.0. The Balaban J connectivity index is 0.00000306. The first-order valence-corrected chi connectivity index (χ1v) is 11.1. The SMILES string of the molecule is CC1=CCN=c2[nH]cc(-c3ccccc3F)c2=C1N1CCN(C(=O)OC(C)(C)C)C[C@@H]1C.[HH]. The molecule has 0 bridgehead atoms. The summed E-state index contributed by atoms with van der Waals surface area (Å²) >= 11 is 0. The van der Waals surface area contributed by atoms with Gasteiger partial charge < -0.3 is 19.5 Å². The third kappa shape index (κ3) is 4.29. The molecule has 1 saturated heterocycles. The Morgan fingerprint density at radius 2 is 2.00 bits per heavy atom. The number of ether oxygens (including phenoxy) is 1. The largest absolute Gasteiger partial charge is 0.444 e. The average molecular weight is 441 g/mol. The van der Waals surface area contributed by atoms with Gasteiger partial charge in [0.2, 0.25) is 0 Å². The number of amides is 1. The number of fused-ring (bicyclic) bond motifs is 1. The molecule has 3 heterocycles. The quantitative estimate of drug-likeness (QED) is 0.775. The van der Waals surface area contributed by atoms with Crippen LogP contribution in [0.1, 0.15) is 36.0 Å². The molecule has 2 aliphatic heterocycles. The predicted molar refractivity (Wildman–Crippen MR) is 125 cm³/mol. The van der Waals surface area contributed by atoms with Gasteiger partial charge in [0.05, 0.1) is 12.2 Å². The molecule has 32 heavy (non-hydrogen) atoms. The van der Waals surface area contributed by atoms with Crippen molar-refractivity contribution in [2.45, 2.75) is 46.3 Å². The third-order valence-electron chi connectivity index (χ3n) is 5.85. The Hall–Kier alpha value is -3.09. The maximum atomic E-state index is 14.7. The fourth-order valence-electron chi connectivity index (χ4n) is 4.39. The van der Waals surface area contributed by atoms with Gasteiger partial charge in [-0.2, -0.15) is 0 Å². The fraction of sp³-hybridized carbons (Fsp3) is 0.440. The van der Waals surface area contributed by atoms with E-state index in [1.165, 1.54) is 6.07 Å². The Bertz CT molecular complexity index is 1180. The van der Waals surface area contributed by atoms with Crippen LogP contribution in [0.3, 0.4) is 0 Å². The number of aromatic amines is 1. The van der Waals surface area contributed by atoms with Crippen LogP contribution in [-0.4, -0.2) is 58.7 Å². The van der Waals surface area contributed by atoms with Crippen LogP contribution in [0.4, 0.5) is 9.18 Å². The van der Waals surface area contributed by atoms with Crippen molar-refractivity contribution in [3.63, 3.8) is 0 Å². The first kappa shape index (κ1) is 22.1. The van der Waals surface area contributed by atoms with Gasteiger partial charge in [-0.05, 0) is 46.3 Å². The van der Waals surface area contributed by atoms with Crippen molar-refractivity contribution in [3.05, 3.63) is 58.6 Å². The Kier molecular flexibility index (Phi) is 5.84. The highest BCUT2D eigenvalue weighted by Gasteiger charge is 2.32. The molecule has 2 aromatic rings. The van der Waals surface area contributed by atoms with Gasteiger partial charge in [-0.25, -0.2) is 9.18 Å². The van der Waals surface area contributed by atoms with Crippen LogP contribution in [-0.2, 0) is 4.74 Å². The molecule has 0 spiro atoms. The molecule has 0 aliphatic carbocycles. The molecular weight excluding hydrogens is 407 g/mol. The van der Waals surface area contributed by atoms with Crippen LogP contribution in [0, 0.1) is 5.82 Å². The summed E-state index contributed by atoms with van der Waals surface area (Å²) in [6.07, 6.45) is 3.65. The number of hydrogen-bond acceptors (Lipinski definition) is 4. The average Bonchev–Trinajstić information content (AvgIpc) is 3.04. The summed E-state index contributed by atoms with van der Waals surface area (Å²) in [4.78, 5) is 24.6. The van der Waals surface area contributed by atoms with E-state index >= 15 is 0 Å². The number of piperazine rings is 1. The smallest absolute Gasteiger partial charge is 0.410 e. The van der Waals surface area contributed by atoms with Gasteiger partial charge in [0.15, 0.2) is 0 Å². The van der Waals surface area contributed by atoms with E-state index in [0.717, 1.165) is 27.5 Å². The summed E-state index contributed by atoms with van der Waals surface area (Å²) in [5.41, 5.74) is 3.72. The van der Waals surface area contributed by atoms with Gasteiger partial charge in [-0.15, -0.1) is 0 Å². The van der Waals surface area contributed by atoms with Crippen molar-refractivity contribution in [2.75, 3.05) is 26.2 Å². The van der Waals surface area contributed by atoms with Gasteiger partial charge in [-0.1, -0.05) is 24.3 Å². The number of nitrogens with zero attached hydrogens (tertiary/aromatic N) is 3. The Labute approximate surface area is 189 Å². The van der Waals surface area contributed by atoms with E-state index in [4.69, 9.17) is 4.74 Å². The number of H-pyrrole nitrogens is 1. The molecule has 6 nitrogen and oxygen atoms in total. The van der Waals surface area contributed by atoms with Crippen LogP contribution >= 0.6 is 0 Å². The lowest BCUT2D eigenvalue weighted by Crippen LogP contribution is -2.55. The summed E-state index contributed by atoms with van der Waals surface area (Å²) in [6.45, 7) is 12.1. The van der Waals surface area contributed by atoms with Gasteiger partial charge in [0.1, 0.15) is 16.9 Å². The predicted octanol–water partition coefficient (Wildman–Crippen LogP) is 3.70. The number of nitrogens with one attached hydrogen (secondary N) is 1. The maximum absolute atomic E-state index is 14.7. The summed E-state index contributed by atoms with van der Waals surface area (Å²) in [5, 5.41) is 0.916. The lowest BCUT2D eigenvalue weighted by Gasteiger charge is -2.42. The minimum atomic E-state index is -0.525. The van der Waals surface area contributed by atoms with E-state index in [0.29, 0.717) is 31.7 Å². The minimum absolute atomic E-state index is 0. The number of halogens is 1. The highest BCUT2D eigenvalue weighted by atomic mass is 19.1. The molecule has 1 atom stereocenters. The van der Waals surface area contributed by atoms with Crippen LogP contribution in [0.5, 0.6) is 0 Å². The molecule has 1 aromatic heterocycles. The number of rotatable bonds is 2. The number of aromatic nitrogens is 1. The molecule has 0 saturated carbocycles. The molecular formula is C25H33FN4O2. The second-order valence-corrected chi connectivity index (χ2v) is 9.45. The monoisotopic (exact) mass is 440 g/mol. The van der Waals surface area contributed by atoms with Gasteiger partial charge in [0.25, 0.3) is 0 Å². The van der Waals surface area contributed by atoms with E-state index in [-0.39, 0.29) is 19.4 Å².